The van der Waals surface area contributed by atoms with Crippen LogP contribution in [0.5, 0.6) is 0 Å². The van der Waals surface area contributed by atoms with Crippen molar-refractivity contribution in [3.8, 4) is 0 Å². The summed E-state index contributed by atoms with van der Waals surface area (Å²) in [6.45, 7) is 5.07. The molecule has 0 saturated carbocycles. The first-order valence-electron chi connectivity index (χ1n) is 12.3. The van der Waals surface area contributed by atoms with Gasteiger partial charge in [0.15, 0.2) is 5.78 Å². The SMILES string of the molecule is C=CC(=O)NCCCC[C@H](NC(=O)OCc1ccccc1)C(=O)N1CCNCC1C(=O)c1ccncc1. The van der Waals surface area contributed by atoms with Crippen LogP contribution in [0.2, 0.25) is 0 Å². The van der Waals surface area contributed by atoms with Gasteiger partial charge in [-0.2, -0.15) is 0 Å². The number of nitrogens with zero attached hydrogens (tertiary/aromatic N) is 2. The predicted octanol–water partition coefficient (Wildman–Crippen LogP) is 1.83. The normalized spacial score (nSPS) is 15.8. The fourth-order valence-electron chi connectivity index (χ4n) is 4.03. The molecule has 1 fully saturated rings. The zero-order valence-electron chi connectivity index (χ0n) is 20.7. The molecule has 196 valence electrons. The maximum absolute atomic E-state index is 13.7. The van der Waals surface area contributed by atoms with E-state index in [1.165, 1.54) is 23.4 Å². The number of ketones is 1. The van der Waals surface area contributed by atoms with Gasteiger partial charge in [-0.15, -0.1) is 0 Å². The maximum Gasteiger partial charge on any atom is 0.408 e. The minimum Gasteiger partial charge on any atom is -0.445 e. The van der Waals surface area contributed by atoms with E-state index in [0.717, 1.165) is 5.56 Å². The van der Waals surface area contributed by atoms with E-state index in [0.29, 0.717) is 51.0 Å². The van der Waals surface area contributed by atoms with Crippen LogP contribution in [0.1, 0.15) is 35.2 Å². The van der Waals surface area contributed by atoms with Crippen LogP contribution >= 0.6 is 0 Å². The second kappa shape index (κ2) is 14.5. The van der Waals surface area contributed by atoms with Gasteiger partial charge in [-0.05, 0) is 43.0 Å². The molecule has 1 unspecified atom stereocenters. The van der Waals surface area contributed by atoms with Gasteiger partial charge in [-0.25, -0.2) is 4.79 Å². The zero-order chi connectivity index (χ0) is 26.5. The number of unbranched alkanes of at least 4 members (excludes halogenated alkanes) is 1. The van der Waals surface area contributed by atoms with Crippen LogP contribution < -0.4 is 16.0 Å². The lowest BCUT2D eigenvalue weighted by atomic mass is 10.00. The first kappa shape index (κ1) is 27.5. The number of aromatic nitrogens is 1. The quantitative estimate of drug-likeness (QED) is 0.227. The Kier molecular flexibility index (Phi) is 10.8. The van der Waals surface area contributed by atoms with Gasteiger partial charge in [0.05, 0.1) is 0 Å². The lowest BCUT2D eigenvalue weighted by Gasteiger charge is -2.37. The highest BCUT2D eigenvalue weighted by Gasteiger charge is 2.36. The van der Waals surface area contributed by atoms with E-state index in [1.807, 2.05) is 30.3 Å². The average Bonchev–Trinajstić information content (AvgIpc) is 2.95. The fraction of sp³-hybridized carbons (Fsp3) is 0.370. The number of nitrogens with one attached hydrogen (secondary N) is 3. The number of carbonyl (C=O) groups excluding carboxylic acids is 4. The van der Waals surface area contributed by atoms with Crippen LogP contribution in [0, 0.1) is 0 Å². The molecule has 2 atom stereocenters. The summed E-state index contributed by atoms with van der Waals surface area (Å²) in [7, 11) is 0. The minimum atomic E-state index is -0.885. The Morgan fingerprint density at radius 1 is 1.14 bits per heavy atom. The molecule has 1 saturated heterocycles. The zero-order valence-corrected chi connectivity index (χ0v) is 20.7. The van der Waals surface area contributed by atoms with Gasteiger partial charge in [0, 0.05) is 44.1 Å². The van der Waals surface area contributed by atoms with Crippen LogP contribution in [0.3, 0.4) is 0 Å². The average molecular weight is 508 g/mol. The molecule has 2 heterocycles. The minimum absolute atomic E-state index is 0.0674. The van der Waals surface area contributed by atoms with Crippen molar-refractivity contribution in [2.45, 2.75) is 38.0 Å². The predicted molar refractivity (Wildman–Crippen MR) is 138 cm³/mol. The number of amides is 3. The molecule has 3 N–H and O–H groups in total. The molecule has 0 spiro atoms. The number of hydrogen-bond donors (Lipinski definition) is 3. The third-order valence-corrected chi connectivity index (χ3v) is 6.00. The molecule has 1 aromatic carbocycles. The van der Waals surface area contributed by atoms with E-state index >= 15 is 0 Å². The van der Waals surface area contributed by atoms with Crippen molar-refractivity contribution in [3.05, 3.63) is 78.6 Å². The largest absolute Gasteiger partial charge is 0.445 e. The number of ether oxygens (including phenoxy) is 1. The van der Waals surface area contributed by atoms with Crippen LogP contribution in [0.15, 0.2) is 67.5 Å². The Morgan fingerprint density at radius 3 is 2.62 bits per heavy atom. The van der Waals surface area contributed by atoms with Crippen molar-refractivity contribution >= 4 is 23.7 Å². The number of piperazine rings is 1. The van der Waals surface area contributed by atoms with Crippen molar-refractivity contribution in [2.24, 2.45) is 0 Å². The third kappa shape index (κ3) is 8.53. The molecular weight excluding hydrogens is 474 g/mol. The molecule has 10 heteroatoms. The summed E-state index contributed by atoms with van der Waals surface area (Å²) in [6.07, 6.45) is 5.04. The highest BCUT2D eigenvalue weighted by Crippen LogP contribution is 2.15. The summed E-state index contributed by atoms with van der Waals surface area (Å²) < 4.78 is 5.34. The lowest BCUT2D eigenvalue weighted by Crippen LogP contribution is -2.61. The van der Waals surface area contributed by atoms with Gasteiger partial charge in [-0.3, -0.25) is 19.4 Å². The molecule has 1 aliphatic heterocycles. The number of Topliss-reactive ketones (excluding diaryl/α,β-unsaturated/α-hetero) is 1. The van der Waals surface area contributed by atoms with E-state index in [-0.39, 0.29) is 24.2 Å². The molecule has 0 radical (unpaired) electrons. The summed E-state index contributed by atoms with van der Waals surface area (Å²) in [5, 5.41) is 8.57. The number of carbonyl (C=O) groups is 4. The Hall–Kier alpha value is -4.05. The second-order valence-corrected chi connectivity index (χ2v) is 8.60. The Balaban J connectivity index is 1.67. The van der Waals surface area contributed by atoms with E-state index in [2.05, 4.69) is 27.5 Å². The topological polar surface area (TPSA) is 130 Å². The Labute approximate surface area is 216 Å². The highest BCUT2D eigenvalue weighted by molar-refractivity contribution is 6.02. The standard InChI is InChI=1S/C27H33N5O5/c1-2-24(33)30-13-7-6-10-22(31-27(36)37-19-20-8-4-3-5-9-20)26(35)32-17-16-29-18-23(32)25(34)21-11-14-28-15-12-21/h2-5,8-9,11-12,14-15,22-23,29H,1,6-7,10,13,16-19H2,(H,30,33)(H,31,36)/t22-,23?/m0/s1. The van der Waals surface area contributed by atoms with Crippen molar-refractivity contribution < 1.29 is 23.9 Å². The van der Waals surface area contributed by atoms with Gasteiger partial charge in [0.25, 0.3) is 0 Å². The van der Waals surface area contributed by atoms with Crippen molar-refractivity contribution in [2.75, 3.05) is 26.2 Å². The van der Waals surface area contributed by atoms with Gasteiger partial charge in [0.2, 0.25) is 11.8 Å². The molecule has 10 nitrogen and oxygen atoms in total. The van der Waals surface area contributed by atoms with Crippen LogP contribution in [0.25, 0.3) is 0 Å². The Morgan fingerprint density at radius 2 is 1.89 bits per heavy atom. The van der Waals surface area contributed by atoms with E-state index < -0.39 is 18.2 Å². The number of benzene rings is 1. The molecular formula is C27H33N5O5. The van der Waals surface area contributed by atoms with Crippen molar-refractivity contribution in [1.29, 1.82) is 0 Å². The number of rotatable bonds is 12. The molecule has 3 amide bonds. The third-order valence-electron chi connectivity index (χ3n) is 6.00. The summed E-state index contributed by atoms with van der Waals surface area (Å²) in [6, 6.07) is 10.9. The highest BCUT2D eigenvalue weighted by atomic mass is 16.5. The second-order valence-electron chi connectivity index (χ2n) is 8.60. The van der Waals surface area contributed by atoms with Crippen molar-refractivity contribution in [3.63, 3.8) is 0 Å². The van der Waals surface area contributed by atoms with E-state index in [4.69, 9.17) is 4.74 Å². The van der Waals surface area contributed by atoms with Gasteiger partial charge in [0.1, 0.15) is 18.7 Å². The Bertz CT molecular complexity index is 1060. The smallest absolute Gasteiger partial charge is 0.408 e. The fourth-order valence-corrected chi connectivity index (χ4v) is 4.03. The molecule has 3 rings (SSSR count). The maximum atomic E-state index is 13.7. The monoisotopic (exact) mass is 507 g/mol. The molecule has 0 bridgehead atoms. The molecule has 2 aromatic rings. The molecule has 1 aliphatic rings. The summed E-state index contributed by atoms with van der Waals surface area (Å²) in [5.41, 5.74) is 1.29. The first-order chi connectivity index (χ1) is 18.0. The number of pyridine rings is 1. The van der Waals surface area contributed by atoms with E-state index in [9.17, 15) is 19.2 Å². The van der Waals surface area contributed by atoms with E-state index in [1.54, 1.807) is 12.1 Å². The van der Waals surface area contributed by atoms with Gasteiger partial charge in [-0.1, -0.05) is 36.9 Å². The molecule has 1 aromatic heterocycles. The molecule has 0 aliphatic carbocycles. The number of alkyl carbamates (subject to hydrolysis) is 1. The summed E-state index contributed by atoms with van der Waals surface area (Å²) in [5.74, 6) is -0.810. The van der Waals surface area contributed by atoms with Crippen molar-refractivity contribution in [1.82, 2.24) is 25.8 Å². The number of hydrogen-bond acceptors (Lipinski definition) is 7. The molecule has 37 heavy (non-hydrogen) atoms. The van der Waals surface area contributed by atoms with Crippen LogP contribution in [0.4, 0.5) is 4.79 Å². The summed E-state index contributed by atoms with van der Waals surface area (Å²) in [4.78, 5) is 56.3. The first-order valence-corrected chi connectivity index (χ1v) is 12.3. The summed E-state index contributed by atoms with van der Waals surface area (Å²) >= 11 is 0. The van der Waals surface area contributed by atoms with Gasteiger partial charge >= 0.3 is 6.09 Å². The van der Waals surface area contributed by atoms with Crippen LogP contribution in [-0.2, 0) is 20.9 Å². The lowest BCUT2D eigenvalue weighted by molar-refractivity contribution is -0.135. The van der Waals surface area contributed by atoms with Gasteiger partial charge < -0.3 is 25.6 Å². The van der Waals surface area contributed by atoms with Crippen LogP contribution in [-0.4, -0.2) is 71.8 Å².